The molecule has 2 rings (SSSR count). The van der Waals surface area contributed by atoms with Gasteiger partial charge in [-0.25, -0.2) is 0 Å². The summed E-state index contributed by atoms with van der Waals surface area (Å²) in [6, 6.07) is 7.38. The zero-order valence-electron chi connectivity index (χ0n) is 9.76. The number of halogens is 1. The van der Waals surface area contributed by atoms with E-state index in [1.807, 2.05) is 12.1 Å². The van der Waals surface area contributed by atoms with E-state index in [2.05, 4.69) is 0 Å². The molecular formula is C12H17ClN2O2. The Bertz CT molecular complexity index is 398. The van der Waals surface area contributed by atoms with Crippen LogP contribution in [0.1, 0.15) is 16.8 Å². The van der Waals surface area contributed by atoms with Gasteiger partial charge in [0.1, 0.15) is 5.75 Å². The van der Waals surface area contributed by atoms with Gasteiger partial charge in [-0.05, 0) is 18.6 Å². The van der Waals surface area contributed by atoms with Gasteiger partial charge >= 0.3 is 0 Å². The van der Waals surface area contributed by atoms with Crippen molar-refractivity contribution >= 4 is 18.3 Å². The van der Waals surface area contributed by atoms with Crippen molar-refractivity contribution < 1.29 is 9.53 Å². The van der Waals surface area contributed by atoms with Gasteiger partial charge in [-0.2, -0.15) is 0 Å². The molecule has 0 aliphatic carbocycles. The number of methoxy groups -OCH3 is 1. The van der Waals surface area contributed by atoms with Crippen LogP contribution in [0.25, 0.3) is 0 Å². The lowest BCUT2D eigenvalue weighted by Gasteiger charge is -2.17. The summed E-state index contributed by atoms with van der Waals surface area (Å²) >= 11 is 0. The summed E-state index contributed by atoms with van der Waals surface area (Å²) in [6.07, 6.45) is 0.876. The van der Waals surface area contributed by atoms with Crippen molar-refractivity contribution in [2.24, 2.45) is 5.73 Å². The summed E-state index contributed by atoms with van der Waals surface area (Å²) in [6.45, 7) is 1.37. The fraction of sp³-hybridized carbons (Fsp3) is 0.417. The summed E-state index contributed by atoms with van der Waals surface area (Å²) in [4.78, 5) is 13.9. The first-order chi connectivity index (χ1) is 7.72. The van der Waals surface area contributed by atoms with Gasteiger partial charge in [-0.15, -0.1) is 12.4 Å². The predicted molar refractivity (Wildman–Crippen MR) is 68.7 cm³/mol. The van der Waals surface area contributed by atoms with E-state index in [1.165, 1.54) is 0 Å². The van der Waals surface area contributed by atoms with Gasteiger partial charge in [0.2, 0.25) is 0 Å². The van der Waals surface area contributed by atoms with E-state index < -0.39 is 0 Å². The molecule has 0 aromatic heterocycles. The molecule has 17 heavy (non-hydrogen) atoms. The Balaban J connectivity index is 0.00000144. The number of nitrogens with two attached hydrogens (primary N) is 1. The number of likely N-dealkylation sites (tertiary alicyclic amines) is 1. The summed E-state index contributed by atoms with van der Waals surface area (Å²) in [5, 5.41) is 0. The van der Waals surface area contributed by atoms with Crippen molar-refractivity contribution in [2.45, 2.75) is 12.5 Å². The number of carbonyl (C=O) groups excluding carboxylic acids is 1. The van der Waals surface area contributed by atoms with Crippen LogP contribution in [0.15, 0.2) is 24.3 Å². The summed E-state index contributed by atoms with van der Waals surface area (Å²) in [5.74, 6) is 0.623. The first-order valence-corrected chi connectivity index (χ1v) is 5.40. The van der Waals surface area contributed by atoms with Gasteiger partial charge in [0.25, 0.3) is 5.91 Å². The molecule has 2 N–H and O–H groups in total. The molecule has 1 aromatic carbocycles. The maximum atomic E-state index is 12.2. The van der Waals surface area contributed by atoms with Gasteiger partial charge in [0.15, 0.2) is 0 Å². The third-order valence-corrected chi connectivity index (χ3v) is 2.85. The topological polar surface area (TPSA) is 55.6 Å². The van der Waals surface area contributed by atoms with Crippen LogP contribution in [0, 0.1) is 0 Å². The monoisotopic (exact) mass is 256 g/mol. The SMILES string of the molecule is COc1ccccc1C(=O)N1CCC(N)C1.Cl. The van der Waals surface area contributed by atoms with Crippen LogP contribution < -0.4 is 10.5 Å². The minimum Gasteiger partial charge on any atom is -0.496 e. The first-order valence-electron chi connectivity index (χ1n) is 5.40. The smallest absolute Gasteiger partial charge is 0.257 e. The number of ether oxygens (including phenoxy) is 1. The van der Waals surface area contributed by atoms with Crippen molar-refractivity contribution in [2.75, 3.05) is 20.2 Å². The molecule has 4 nitrogen and oxygen atoms in total. The van der Waals surface area contributed by atoms with Crippen LogP contribution in [0.5, 0.6) is 5.75 Å². The third-order valence-electron chi connectivity index (χ3n) is 2.85. The minimum absolute atomic E-state index is 0. The quantitative estimate of drug-likeness (QED) is 0.868. The van der Waals surface area contributed by atoms with Crippen LogP contribution in [-0.4, -0.2) is 37.0 Å². The lowest BCUT2D eigenvalue weighted by Crippen LogP contribution is -2.32. The molecule has 1 aromatic rings. The summed E-state index contributed by atoms with van der Waals surface area (Å²) in [5.41, 5.74) is 6.40. The van der Waals surface area contributed by atoms with E-state index in [0.29, 0.717) is 17.9 Å². The molecule has 0 saturated carbocycles. The zero-order valence-corrected chi connectivity index (χ0v) is 10.6. The maximum Gasteiger partial charge on any atom is 0.257 e. The van der Waals surface area contributed by atoms with Crippen molar-refractivity contribution in [3.8, 4) is 5.75 Å². The number of nitrogens with zero attached hydrogens (tertiary/aromatic N) is 1. The number of hydrogen-bond acceptors (Lipinski definition) is 3. The van der Waals surface area contributed by atoms with E-state index in [-0.39, 0.29) is 24.4 Å². The van der Waals surface area contributed by atoms with Gasteiger partial charge in [-0.3, -0.25) is 4.79 Å². The molecule has 0 spiro atoms. The molecule has 1 unspecified atom stereocenters. The van der Waals surface area contributed by atoms with Crippen molar-refractivity contribution in [3.05, 3.63) is 29.8 Å². The second kappa shape index (κ2) is 5.89. The lowest BCUT2D eigenvalue weighted by atomic mass is 10.2. The van der Waals surface area contributed by atoms with Crippen LogP contribution >= 0.6 is 12.4 Å². The van der Waals surface area contributed by atoms with Gasteiger partial charge < -0.3 is 15.4 Å². The van der Waals surface area contributed by atoms with E-state index >= 15 is 0 Å². The average Bonchev–Trinajstić information content (AvgIpc) is 2.75. The Hall–Kier alpha value is -1.26. The molecule has 1 heterocycles. The van der Waals surface area contributed by atoms with E-state index in [4.69, 9.17) is 10.5 Å². The highest BCUT2D eigenvalue weighted by Crippen LogP contribution is 2.21. The number of hydrogen-bond donors (Lipinski definition) is 1. The van der Waals surface area contributed by atoms with Crippen molar-refractivity contribution in [1.82, 2.24) is 4.90 Å². The number of amides is 1. The first kappa shape index (κ1) is 13.8. The van der Waals surface area contributed by atoms with Crippen molar-refractivity contribution in [1.29, 1.82) is 0 Å². The van der Waals surface area contributed by atoms with Gasteiger partial charge in [0, 0.05) is 19.1 Å². The maximum absolute atomic E-state index is 12.2. The zero-order chi connectivity index (χ0) is 11.5. The molecule has 1 fully saturated rings. The lowest BCUT2D eigenvalue weighted by molar-refractivity contribution is 0.0787. The molecule has 1 saturated heterocycles. The fourth-order valence-corrected chi connectivity index (χ4v) is 1.96. The van der Waals surface area contributed by atoms with Gasteiger partial charge in [-0.1, -0.05) is 12.1 Å². The number of para-hydroxylation sites is 1. The molecule has 94 valence electrons. The highest BCUT2D eigenvalue weighted by Gasteiger charge is 2.25. The number of rotatable bonds is 2. The Kier molecular flexibility index (Phi) is 4.78. The van der Waals surface area contributed by atoms with E-state index in [9.17, 15) is 4.79 Å². The second-order valence-electron chi connectivity index (χ2n) is 4.00. The highest BCUT2D eigenvalue weighted by atomic mass is 35.5. The standard InChI is InChI=1S/C12H16N2O2.ClH/c1-16-11-5-3-2-4-10(11)12(15)14-7-6-9(13)8-14;/h2-5,9H,6-8,13H2,1H3;1H. The molecule has 1 aliphatic heterocycles. The molecule has 1 amide bonds. The van der Waals surface area contributed by atoms with Crippen LogP contribution in [0.4, 0.5) is 0 Å². The molecule has 5 heteroatoms. The molecule has 0 radical (unpaired) electrons. The third kappa shape index (κ3) is 2.90. The molecule has 1 aliphatic rings. The van der Waals surface area contributed by atoms with Crippen LogP contribution in [-0.2, 0) is 0 Å². The van der Waals surface area contributed by atoms with Gasteiger partial charge in [0.05, 0.1) is 12.7 Å². The fourth-order valence-electron chi connectivity index (χ4n) is 1.96. The normalized spacial score (nSPS) is 18.7. The Morgan fingerprint density at radius 3 is 2.76 bits per heavy atom. The molecule has 1 atom stereocenters. The highest BCUT2D eigenvalue weighted by molar-refractivity contribution is 5.97. The second-order valence-corrected chi connectivity index (χ2v) is 4.00. The minimum atomic E-state index is 0. The number of carbonyl (C=O) groups is 1. The average molecular weight is 257 g/mol. The summed E-state index contributed by atoms with van der Waals surface area (Å²) < 4.78 is 5.17. The van der Waals surface area contributed by atoms with Crippen LogP contribution in [0.3, 0.4) is 0 Å². The molecular weight excluding hydrogens is 240 g/mol. The predicted octanol–water partition coefficient (Wildman–Crippen LogP) is 1.29. The number of benzene rings is 1. The summed E-state index contributed by atoms with van der Waals surface area (Å²) in [7, 11) is 1.57. The van der Waals surface area contributed by atoms with E-state index in [0.717, 1.165) is 13.0 Å². The molecule has 0 bridgehead atoms. The largest absolute Gasteiger partial charge is 0.496 e. The van der Waals surface area contributed by atoms with E-state index in [1.54, 1.807) is 24.1 Å². The van der Waals surface area contributed by atoms with Crippen molar-refractivity contribution in [3.63, 3.8) is 0 Å². The Morgan fingerprint density at radius 1 is 1.47 bits per heavy atom. The Labute approximate surface area is 107 Å². The van der Waals surface area contributed by atoms with Crippen LogP contribution in [0.2, 0.25) is 0 Å². The Morgan fingerprint density at radius 2 is 2.18 bits per heavy atom.